The van der Waals surface area contributed by atoms with Gasteiger partial charge in [-0.1, -0.05) is 114 Å². The molecule has 0 saturated carbocycles. The van der Waals surface area contributed by atoms with E-state index in [1.807, 2.05) is 0 Å². The second-order valence-corrected chi connectivity index (χ2v) is 10.3. The van der Waals surface area contributed by atoms with Crippen molar-refractivity contribution in [1.82, 2.24) is 0 Å². The van der Waals surface area contributed by atoms with Gasteiger partial charge in [0.2, 0.25) is 0 Å². The molecule has 0 aromatic heterocycles. The predicted octanol–water partition coefficient (Wildman–Crippen LogP) is 3.78. The van der Waals surface area contributed by atoms with Gasteiger partial charge in [0, 0.05) is 12.8 Å². The Labute approximate surface area is 232 Å². The number of hydrogen-bond acceptors (Lipinski definition) is 1. The minimum atomic E-state index is 0. The second kappa shape index (κ2) is 11.9. The van der Waals surface area contributed by atoms with E-state index < -0.39 is 0 Å². The summed E-state index contributed by atoms with van der Waals surface area (Å²) < 4.78 is 6.57. The number of hydrogen-bond donors (Lipinski definition) is 1. The summed E-state index contributed by atoms with van der Waals surface area (Å²) in [6.07, 6.45) is 6.81. The molecule has 1 atom stereocenters. The molecule has 1 heterocycles. The minimum Gasteiger partial charge on any atom is -1.00 e. The maximum absolute atomic E-state index is 6.57. The predicted molar refractivity (Wildman–Crippen MR) is 154 cm³/mol. The summed E-state index contributed by atoms with van der Waals surface area (Å²) >= 11 is 0. The molecular weight excluding hydrogens is 486 g/mol. The third-order valence-electron chi connectivity index (χ3n) is 7.76. The first-order valence-electron chi connectivity index (χ1n) is 13.5. The lowest BCUT2D eigenvalue weighted by molar-refractivity contribution is -0.906. The van der Waals surface area contributed by atoms with Gasteiger partial charge in [-0.25, -0.2) is 0 Å². The van der Waals surface area contributed by atoms with Crippen molar-refractivity contribution >= 4 is 17.7 Å². The molecule has 1 aliphatic carbocycles. The van der Waals surface area contributed by atoms with Crippen LogP contribution in [0.4, 0.5) is 0 Å². The Hall–Kier alpha value is -3.59. The number of piperidine rings is 1. The van der Waals surface area contributed by atoms with Gasteiger partial charge in [-0.05, 0) is 52.4 Å². The van der Waals surface area contributed by atoms with E-state index in [4.69, 9.17) is 4.74 Å². The summed E-state index contributed by atoms with van der Waals surface area (Å²) in [5.74, 6) is 0.942. The highest BCUT2D eigenvalue weighted by atomic mass is 35.5. The Morgan fingerprint density at radius 2 is 1.24 bits per heavy atom. The van der Waals surface area contributed by atoms with Crippen molar-refractivity contribution in [2.75, 3.05) is 19.6 Å². The Bertz CT molecular complexity index is 1380. The first kappa shape index (κ1) is 26.0. The molecule has 1 saturated heterocycles. The fraction of sp³-hybridized carbons (Fsp3) is 0.200. The summed E-state index contributed by atoms with van der Waals surface area (Å²) in [4.78, 5) is 1.61. The van der Waals surface area contributed by atoms with E-state index >= 15 is 0 Å². The number of ether oxygens (including phenoxy) is 1. The third-order valence-corrected chi connectivity index (χ3v) is 7.76. The zero-order chi connectivity index (χ0) is 25.0. The van der Waals surface area contributed by atoms with Gasteiger partial charge >= 0.3 is 0 Å². The molecule has 1 aliphatic heterocycles. The molecule has 2 aliphatic rings. The summed E-state index contributed by atoms with van der Waals surface area (Å²) in [5, 5.41) is 0. The fourth-order valence-corrected chi connectivity index (χ4v) is 5.74. The van der Waals surface area contributed by atoms with Crippen LogP contribution in [0.3, 0.4) is 0 Å². The number of benzene rings is 4. The van der Waals surface area contributed by atoms with E-state index in [1.165, 1.54) is 39.0 Å². The van der Waals surface area contributed by atoms with Crippen LogP contribution >= 0.6 is 0 Å². The molecule has 1 unspecified atom stereocenters. The molecule has 0 amide bonds. The minimum absolute atomic E-state index is 0. The van der Waals surface area contributed by atoms with Crippen LogP contribution in [0.2, 0.25) is 0 Å². The lowest BCUT2D eigenvalue weighted by atomic mass is 9.86. The zero-order valence-corrected chi connectivity index (χ0v) is 22.6. The highest BCUT2D eigenvalue weighted by molar-refractivity contribution is 5.94. The van der Waals surface area contributed by atoms with E-state index in [2.05, 4.69) is 122 Å². The molecule has 1 N–H and O–H groups in total. The number of fused-ring (bicyclic) bond motifs is 2. The average molecular weight is 520 g/mol. The second-order valence-electron chi connectivity index (χ2n) is 10.3. The van der Waals surface area contributed by atoms with E-state index in [1.54, 1.807) is 10.5 Å². The number of halogens is 1. The molecular formula is C35H34ClNO. The molecule has 3 heteroatoms. The molecule has 192 valence electrons. The van der Waals surface area contributed by atoms with Crippen LogP contribution in [0.25, 0.3) is 17.7 Å². The summed E-state index contributed by atoms with van der Waals surface area (Å²) in [6, 6.07) is 36.9. The van der Waals surface area contributed by atoms with Crippen molar-refractivity contribution in [1.29, 1.82) is 0 Å². The maximum Gasteiger partial charge on any atom is 0.172 e. The van der Waals surface area contributed by atoms with E-state index in [0.29, 0.717) is 0 Å². The number of aryl methyl sites for hydroxylation is 1. The van der Waals surface area contributed by atoms with Crippen molar-refractivity contribution < 1.29 is 22.0 Å². The van der Waals surface area contributed by atoms with Gasteiger partial charge in [-0.2, -0.15) is 0 Å². The van der Waals surface area contributed by atoms with Crippen molar-refractivity contribution in [3.05, 3.63) is 142 Å². The average Bonchev–Trinajstić information content (AvgIpc) is 3.12. The zero-order valence-electron chi connectivity index (χ0n) is 21.9. The highest BCUT2D eigenvalue weighted by Gasteiger charge is 2.27. The van der Waals surface area contributed by atoms with Crippen LogP contribution in [0.1, 0.15) is 52.3 Å². The first-order chi connectivity index (χ1) is 18.2. The largest absolute Gasteiger partial charge is 1.00 e. The Kier molecular flexibility index (Phi) is 8.12. The maximum atomic E-state index is 6.57. The molecule has 0 spiro atoms. The van der Waals surface area contributed by atoms with Crippen LogP contribution in [0, 0.1) is 6.92 Å². The lowest BCUT2D eigenvalue weighted by Crippen LogP contribution is -3.13. The smallest absolute Gasteiger partial charge is 0.172 e. The van der Waals surface area contributed by atoms with Gasteiger partial charge in [0.05, 0.1) is 13.1 Å². The van der Waals surface area contributed by atoms with Gasteiger partial charge in [-0.15, -0.1) is 0 Å². The van der Waals surface area contributed by atoms with Crippen molar-refractivity contribution in [3.8, 4) is 5.75 Å². The van der Waals surface area contributed by atoms with E-state index in [0.717, 1.165) is 38.2 Å². The number of nitrogens with one attached hydrogen (secondary N) is 1. The van der Waals surface area contributed by atoms with E-state index in [-0.39, 0.29) is 18.5 Å². The molecule has 4 aromatic rings. The van der Waals surface area contributed by atoms with Gasteiger partial charge in [-0.3, -0.25) is 0 Å². The molecule has 2 nitrogen and oxygen atoms in total. The SMILES string of the molecule is Cc1ccc(OC(C[NH+]2CCC(=C3c4ccccc4C=Cc4ccccc43)CC2)c2ccccc2)cc1.[Cl-]. The summed E-state index contributed by atoms with van der Waals surface area (Å²) in [6.45, 7) is 5.33. The summed E-state index contributed by atoms with van der Waals surface area (Å²) in [5.41, 5.74) is 10.9. The van der Waals surface area contributed by atoms with Gasteiger partial charge < -0.3 is 22.0 Å². The van der Waals surface area contributed by atoms with Gasteiger partial charge in [0.15, 0.2) is 6.10 Å². The topological polar surface area (TPSA) is 13.7 Å². The van der Waals surface area contributed by atoms with Crippen molar-refractivity contribution in [3.63, 3.8) is 0 Å². The molecule has 6 rings (SSSR count). The Morgan fingerprint density at radius 1 is 0.684 bits per heavy atom. The highest BCUT2D eigenvalue weighted by Crippen LogP contribution is 2.37. The van der Waals surface area contributed by atoms with Crippen LogP contribution in [-0.4, -0.2) is 19.6 Å². The van der Waals surface area contributed by atoms with Crippen LogP contribution in [-0.2, 0) is 0 Å². The Balaban J connectivity index is 0.00000294. The number of rotatable bonds is 5. The number of likely N-dealkylation sites (tertiary alicyclic amines) is 1. The standard InChI is InChI=1S/C35H33NO.ClH/c1-26-15-19-31(20-16-26)37-34(29-11-3-2-4-12-29)25-36-23-21-30(22-24-36)35-32-13-7-5-9-27(32)17-18-28-10-6-8-14-33(28)35;/h2-20,34H,21-25H2,1H3;1H. The molecule has 0 radical (unpaired) electrons. The third kappa shape index (κ3) is 5.62. The van der Waals surface area contributed by atoms with Crippen LogP contribution in [0.5, 0.6) is 5.75 Å². The Morgan fingerprint density at radius 3 is 1.84 bits per heavy atom. The van der Waals surface area contributed by atoms with Crippen LogP contribution in [0.15, 0.2) is 109 Å². The summed E-state index contributed by atoms with van der Waals surface area (Å²) in [7, 11) is 0. The fourth-order valence-electron chi connectivity index (χ4n) is 5.74. The van der Waals surface area contributed by atoms with Gasteiger partial charge in [0.25, 0.3) is 0 Å². The first-order valence-corrected chi connectivity index (χ1v) is 13.5. The number of quaternary nitrogens is 1. The van der Waals surface area contributed by atoms with Crippen LogP contribution < -0.4 is 22.0 Å². The lowest BCUT2D eigenvalue weighted by Gasteiger charge is -2.31. The van der Waals surface area contributed by atoms with Gasteiger partial charge in [0.1, 0.15) is 12.3 Å². The van der Waals surface area contributed by atoms with Crippen molar-refractivity contribution in [2.45, 2.75) is 25.9 Å². The molecule has 1 fully saturated rings. The monoisotopic (exact) mass is 519 g/mol. The van der Waals surface area contributed by atoms with Crippen molar-refractivity contribution in [2.24, 2.45) is 0 Å². The normalized spacial score (nSPS) is 17.0. The molecule has 4 aromatic carbocycles. The quantitative estimate of drug-likeness (QED) is 0.373. The van der Waals surface area contributed by atoms with E-state index in [9.17, 15) is 0 Å². The molecule has 0 bridgehead atoms. The molecule has 38 heavy (non-hydrogen) atoms.